The zero-order valence-electron chi connectivity index (χ0n) is 12.2. The smallest absolute Gasteiger partial charge is 0.214 e. The standard InChI is InChI=1S/C15H18N4OS/c1-10-6-5-7-12(11(10)2)19-15(16-17-18-19)21-14-9-4-3-8-13(14)20/h5-7,14H,3-4,8-9H2,1-2H3. The van der Waals surface area contributed by atoms with Crippen LogP contribution in [0.5, 0.6) is 0 Å². The molecule has 2 aromatic rings. The van der Waals surface area contributed by atoms with E-state index >= 15 is 0 Å². The van der Waals surface area contributed by atoms with Crippen molar-refractivity contribution in [3.05, 3.63) is 29.3 Å². The minimum absolute atomic E-state index is 0.00591. The van der Waals surface area contributed by atoms with Crippen LogP contribution in [-0.2, 0) is 4.79 Å². The molecule has 1 aliphatic rings. The zero-order valence-corrected chi connectivity index (χ0v) is 13.1. The van der Waals surface area contributed by atoms with Gasteiger partial charge in [0.05, 0.1) is 10.9 Å². The van der Waals surface area contributed by atoms with Crippen LogP contribution in [0.1, 0.15) is 36.8 Å². The molecule has 6 heteroatoms. The van der Waals surface area contributed by atoms with Crippen LogP contribution in [0.4, 0.5) is 0 Å². The SMILES string of the molecule is Cc1cccc(-n2nnnc2SC2CCCCC2=O)c1C. The van der Waals surface area contributed by atoms with Crippen LogP contribution >= 0.6 is 11.8 Å². The molecule has 5 nitrogen and oxygen atoms in total. The second-order valence-corrected chi connectivity index (χ2v) is 6.58. The van der Waals surface area contributed by atoms with Gasteiger partial charge in [0.1, 0.15) is 5.78 Å². The van der Waals surface area contributed by atoms with E-state index in [9.17, 15) is 4.79 Å². The highest BCUT2D eigenvalue weighted by Crippen LogP contribution is 2.31. The van der Waals surface area contributed by atoms with Crippen molar-refractivity contribution in [2.24, 2.45) is 0 Å². The molecule has 1 aromatic carbocycles. The van der Waals surface area contributed by atoms with Gasteiger partial charge in [0.15, 0.2) is 0 Å². The lowest BCUT2D eigenvalue weighted by atomic mass is 9.99. The molecule has 1 heterocycles. The van der Waals surface area contributed by atoms with E-state index in [0.717, 1.165) is 30.5 Å². The van der Waals surface area contributed by atoms with E-state index in [1.807, 2.05) is 12.1 Å². The van der Waals surface area contributed by atoms with Gasteiger partial charge in [-0.2, -0.15) is 4.68 Å². The van der Waals surface area contributed by atoms with Crippen LogP contribution in [0, 0.1) is 13.8 Å². The van der Waals surface area contributed by atoms with Gasteiger partial charge in [-0.05, 0) is 54.3 Å². The Labute approximate surface area is 128 Å². The zero-order chi connectivity index (χ0) is 14.8. The molecular formula is C15H18N4OS. The van der Waals surface area contributed by atoms with Gasteiger partial charge < -0.3 is 0 Å². The number of aromatic nitrogens is 4. The summed E-state index contributed by atoms with van der Waals surface area (Å²) in [4.78, 5) is 12.0. The molecule has 0 amide bonds. The summed E-state index contributed by atoms with van der Waals surface area (Å²) in [5, 5.41) is 12.7. The fourth-order valence-electron chi connectivity index (χ4n) is 2.57. The van der Waals surface area contributed by atoms with Crippen molar-refractivity contribution in [1.29, 1.82) is 0 Å². The highest BCUT2D eigenvalue weighted by molar-refractivity contribution is 8.00. The van der Waals surface area contributed by atoms with Gasteiger partial charge in [0, 0.05) is 6.42 Å². The minimum Gasteiger partial charge on any atom is -0.298 e. The number of aryl methyl sites for hydroxylation is 1. The number of hydrogen-bond donors (Lipinski definition) is 0. The van der Waals surface area contributed by atoms with Crippen LogP contribution in [-0.4, -0.2) is 31.2 Å². The van der Waals surface area contributed by atoms with Crippen LogP contribution in [0.3, 0.4) is 0 Å². The molecule has 0 bridgehead atoms. The highest BCUT2D eigenvalue weighted by Gasteiger charge is 2.26. The minimum atomic E-state index is -0.00591. The van der Waals surface area contributed by atoms with Gasteiger partial charge in [-0.25, -0.2) is 0 Å². The lowest BCUT2D eigenvalue weighted by Crippen LogP contribution is -2.22. The lowest BCUT2D eigenvalue weighted by Gasteiger charge is -2.19. The molecule has 0 N–H and O–H groups in total. The number of Topliss-reactive ketones (excluding diaryl/α,β-unsaturated/α-hetero) is 1. The lowest BCUT2D eigenvalue weighted by molar-refractivity contribution is -0.119. The predicted molar refractivity (Wildman–Crippen MR) is 81.7 cm³/mol. The first-order valence-electron chi connectivity index (χ1n) is 7.21. The van der Waals surface area contributed by atoms with Crippen LogP contribution < -0.4 is 0 Å². The summed E-state index contributed by atoms with van der Waals surface area (Å²) >= 11 is 1.49. The summed E-state index contributed by atoms with van der Waals surface area (Å²) in [7, 11) is 0. The third kappa shape index (κ3) is 2.85. The number of ketones is 1. The Morgan fingerprint density at radius 2 is 2.14 bits per heavy atom. The third-order valence-corrected chi connectivity index (χ3v) is 5.24. The predicted octanol–water partition coefficient (Wildman–Crippen LogP) is 2.88. The van der Waals surface area contributed by atoms with Crippen LogP contribution in [0.25, 0.3) is 5.69 Å². The van der Waals surface area contributed by atoms with E-state index in [2.05, 4.69) is 35.4 Å². The Hall–Kier alpha value is -1.69. The first-order valence-corrected chi connectivity index (χ1v) is 8.09. The monoisotopic (exact) mass is 302 g/mol. The summed E-state index contributed by atoms with van der Waals surface area (Å²) in [5.41, 5.74) is 3.33. The Balaban J connectivity index is 1.90. The van der Waals surface area contributed by atoms with Gasteiger partial charge >= 0.3 is 0 Å². The highest BCUT2D eigenvalue weighted by atomic mass is 32.2. The van der Waals surface area contributed by atoms with Gasteiger partial charge in [0.2, 0.25) is 5.16 Å². The maximum absolute atomic E-state index is 12.0. The Bertz CT molecular complexity index is 667. The second-order valence-electron chi connectivity index (χ2n) is 5.41. The van der Waals surface area contributed by atoms with E-state index in [4.69, 9.17) is 0 Å². The van der Waals surface area contributed by atoms with Crippen molar-refractivity contribution in [1.82, 2.24) is 20.2 Å². The summed E-state index contributed by atoms with van der Waals surface area (Å²) in [5.74, 6) is 0.321. The molecule has 1 aliphatic carbocycles. The van der Waals surface area contributed by atoms with E-state index in [1.165, 1.54) is 17.3 Å². The van der Waals surface area contributed by atoms with E-state index in [0.29, 0.717) is 17.4 Å². The maximum Gasteiger partial charge on any atom is 0.214 e. The fourth-order valence-corrected chi connectivity index (χ4v) is 3.68. The summed E-state index contributed by atoms with van der Waals surface area (Å²) in [6.45, 7) is 4.13. The number of thioether (sulfide) groups is 1. The van der Waals surface area contributed by atoms with E-state index in [1.54, 1.807) is 4.68 Å². The number of nitrogens with zero attached hydrogens (tertiary/aromatic N) is 4. The van der Waals surface area contributed by atoms with Crippen molar-refractivity contribution < 1.29 is 4.79 Å². The summed E-state index contributed by atoms with van der Waals surface area (Å²) in [6, 6.07) is 6.08. The van der Waals surface area contributed by atoms with Crippen LogP contribution in [0.2, 0.25) is 0 Å². The number of carbonyl (C=O) groups excluding carboxylic acids is 1. The molecular weight excluding hydrogens is 284 g/mol. The number of carbonyl (C=O) groups is 1. The number of tetrazole rings is 1. The molecule has 110 valence electrons. The summed E-state index contributed by atoms with van der Waals surface area (Å²) < 4.78 is 1.74. The van der Waals surface area contributed by atoms with E-state index in [-0.39, 0.29) is 5.25 Å². The van der Waals surface area contributed by atoms with Gasteiger partial charge in [-0.3, -0.25) is 4.79 Å². The molecule has 1 aromatic heterocycles. The molecule has 0 aliphatic heterocycles. The molecule has 0 radical (unpaired) electrons. The van der Waals surface area contributed by atoms with Crippen LogP contribution in [0.15, 0.2) is 23.4 Å². The van der Waals surface area contributed by atoms with Crippen molar-refractivity contribution >= 4 is 17.5 Å². The Kier molecular flexibility index (Phi) is 4.05. The van der Waals surface area contributed by atoms with Gasteiger partial charge in [0.25, 0.3) is 0 Å². The van der Waals surface area contributed by atoms with Crippen molar-refractivity contribution in [2.75, 3.05) is 0 Å². The second kappa shape index (κ2) is 5.97. The fraction of sp³-hybridized carbons (Fsp3) is 0.467. The first kappa shape index (κ1) is 14.3. The molecule has 1 atom stereocenters. The Morgan fingerprint density at radius 1 is 1.29 bits per heavy atom. The molecule has 1 unspecified atom stereocenters. The largest absolute Gasteiger partial charge is 0.298 e. The number of rotatable bonds is 3. The summed E-state index contributed by atoms with van der Waals surface area (Å²) in [6.07, 6.45) is 3.72. The average molecular weight is 302 g/mol. The van der Waals surface area contributed by atoms with Crippen molar-refractivity contribution in [3.63, 3.8) is 0 Å². The Morgan fingerprint density at radius 3 is 2.95 bits per heavy atom. The number of benzene rings is 1. The van der Waals surface area contributed by atoms with Crippen molar-refractivity contribution in [3.8, 4) is 5.69 Å². The van der Waals surface area contributed by atoms with Crippen molar-refractivity contribution in [2.45, 2.75) is 49.9 Å². The molecule has 0 spiro atoms. The maximum atomic E-state index is 12.0. The average Bonchev–Trinajstić information content (AvgIpc) is 2.92. The first-order chi connectivity index (χ1) is 10.2. The van der Waals surface area contributed by atoms with E-state index < -0.39 is 0 Å². The molecule has 3 rings (SSSR count). The number of hydrogen-bond acceptors (Lipinski definition) is 5. The molecule has 21 heavy (non-hydrogen) atoms. The molecule has 1 fully saturated rings. The third-order valence-electron chi connectivity index (χ3n) is 3.99. The quantitative estimate of drug-likeness (QED) is 0.872. The van der Waals surface area contributed by atoms with Gasteiger partial charge in [-0.15, -0.1) is 5.10 Å². The molecule has 1 saturated carbocycles. The normalized spacial score (nSPS) is 19.0. The topological polar surface area (TPSA) is 60.7 Å². The molecule has 0 saturated heterocycles. The van der Waals surface area contributed by atoms with Gasteiger partial charge in [-0.1, -0.05) is 30.3 Å².